The van der Waals surface area contributed by atoms with E-state index in [1.807, 2.05) is 12.1 Å². The first kappa shape index (κ1) is 10.2. The summed E-state index contributed by atoms with van der Waals surface area (Å²) in [5.41, 5.74) is 1.29. The van der Waals surface area contributed by atoms with Crippen LogP contribution in [0.4, 0.5) is 0 Å². The van der Waals surface area contributed by atoms with Gasteiger partial charge in [-0.15, -0.1) is 0 Å². The van der Waals surface area contributed by atoms with Crippen molar-refractivity contribution in [1.82, 2.24) is 10.3 Å². The van der Waals surface area contributed by atoms with Gasteiger partial charge in [-0.25, -0.2) is 0 Å². The number of benzene rings is 1. The number of rotatable bonds is 3. The monoisotopic (exact) mass is 214 g/mol. The van der Waals surface area contributed by atoms with Crippen LogP contribution in [0, 0.1) is 0 Å². The van der Waals surface area contributed by atoms with E-state index in [0.29, 0.717) is 17.5 Å². The lowest BCUT2D eigenvalue weighted by molar-refractivity contribution is -0.108. The third-order valence-corrected chi connectivity index (χ3v) is 2.21. The Hall–Kier alpha value is -2.36. The smallest absolute Gasteiger partial charge is 0.211 e. The van der Waals surface area contributed by atoms with Gasteiger partial charge < -0.3 is 10.4 Å². The van der Waals surface area contributed by atoms with Crippen molar-refractivity contribution in [3.05, 3.63) is 42.2 Å². The minimum absolute atomic E-state index is 0.134. The number of fused-ring (bicyclic) bond motifs is 1. The Morgan fingerprint density at radius 3 is 3.00 bits per heavy atom. The van der Waals surface area contributed by atoms with Crippen molar-refractivity contribution >= 4 is 23.4 Å². The van der Waals surface area contributed by atoms with Gasteiger partial charge in [0.15, 0.2) is 0 Å². The maximum absolute atomic E-state index is 10.1. The summed E-state index contributed by atoms with van der Waals surface area (Å²) in [5, 5.41) is 13.0. The first-order valence-corrected chi connectivity index (χ1v) is 4.76. The van der Waals surface area contributed by atoms with Gasteiger partial charge in [-0.1, -0.05) is 6.07 Å². The number of pyridine rings is 1. The number of carbonyl (C=O) groups is 1. The van der Waals surface area contributed by atoms with Gasteiger partial charge in [0.25, 0.3) is 0 Å². The topological polar surface area (TPSA) is 62.2 Å². The van der Waals surface area contributed by atoms with Crippen molar-refractivity contribution < 1.29 is 9.90 Å². The van der Waals surface area contributed by atoms with E-state index in [-0.39, 0.29) is 5.75 Å². The van der Waals surface area contributed by atoms with E-state index in [2.05, 4.69) is 10.3 Å². The lowest BCUT2D eigenvalue weighted by atomic mass is 10.1. The molecule has 1 aromatic carbocycles. The quantitative estimate of drug-likeness (QED) is 0.764. The van der Waals surface area contributed by atoms with Crippen LogP contribution in [-0.4, -0.2) is 16.5 Å². The molecular weight excluding hydrogens is 204 g/mol. The molecule has 0 aliphatic rings. The van der Waals surface area contributed by atoms with Crippen LogP contribution >= 0.6 is 0 Å². The molecule has 4 heteroatoms. The third kappa shape index (κ3) is 1.86. The van der Waals surface area contributed by atoms with Crippen molar-refractivity contribution in [1.29, 1.82) is 0 Å². The predicted molar refractivity (Wildman–Crippen MR) is 61.6 cm³/mol. The van der Waals surface area contributed by atoms with E-state index in [4.69, 9.17) is 0 Å². The fourth-order valence-electron chi connectivity index (χ4n) is 1.49. The number of aromatic hydroxyl groups is 1. The first-order valence-electron chi connectivity index (χ1n) is 4.76. The molecular formula is C12H10N2O2. The Morgan fingerprint density at radius 1 is 1.31 bits per heavy atom. The maximum Gasteiger partial charge on any atom is 0.211 e. The largest absolute Gasteiger partial charge is 0.507 e. The summed E-state index contributed by atoms with van der Waals surface area (Å²) in [6.07, 6.45) is 5.29. The number of nitrogens with one attached hydrogen (secondary N) is 1. The first-order chi connectivity index (χ1) is 7.83. The highest BCUT2D eigenvalue weighted by molar-refractivity contribution is 5.89. The molecule has 2 aromatic rings. The van der Waals surface area contributed by atoms with E-state index in [1.165, 1.54) is 6.20 Å². The second kappa shape index (κ2) is 4.44. The van der Waals surface area contributed by atoms with Crippen molar-refractivity contribution in [3.8, 4) is 5.75 Å². The molecule has 0 aliphatic heterocycles. The molecule has 1 heterocycles. The van der Waals surface area contributed by atoms with Gasteiger partial charge in [0.05, 0.1) is 5.52 Å². The Labute approximate surface area is 92.2 Å². The molecule has 0 saturated carbocycles. The number of nitrogens with zero attached hydrogens (tertiary/aromatic N) is 1. The summed E-state index contributed by atoms with van der Waals surface area (Å²) in [4.78, 5) is 14.3. The van der Waals surface area contributed by atoms with E-state index in [1.54, 1.807) is 24.4 Å². The van der Waals surface area contributed by atoms with Gasteiger partial charge in [0.2, 0.25) is 6.41 Å². The lowest BCUT2D eigenvalue weighted by Crippen LogP contribution is -1.98. The normalized spacial score (nSPS) is 10.8. The average molecular weight is 214 g/mol. The number of hydrogen-bond donors (Lipinski definition) is 2. The molecule has 4 nitrogen and oxygen atoms in total. The fourth-order valence-corrected chi connectivity index (χ4v) is 1.49. The van der Waals surface area contributed by atoms with Gasteiger partial charge in [-0.05, 0) is 24.3 Å². The number of carbonyl (C=O) groups excluding carboxylic acids is 1. The molecule has 16 heavy (non-hydrogen) atoms. The lowest BCUT2D eigenvalue weighted by Gasteiger charge is -2.03. The van der Waals surface area contributed by atoms with Crippen LogP contribution in [0.1, 0.15) is 5.56 Å². The Morgan fingerprint density at radius 2 is 2.19 bits per heavy atom. The Kier molecular flexibility index (Phi) is 2.82. The van der Waals surface area contributed by atoms with Crippen molar-refractivity contribution in [3.63, 3.8) is 0 Å². The average Bonchev–Trinajstić information content (AvgIpc) is 2.32. The number of phenols is 1. The van der Waals surface area contributed by atoms with E-state index >= 15 is 0 Å². The van der Waals surface area contributed by atoms with E-state index < -0.39 is 0 Å². The van der Waals surface area contributed by atoms with Crippen LogP contribution in [0.25, 0.3) is 17.0 Å². The number of amides is 1. The van der Waals surface area contributed by atoms with Crippen LogP contribution in [-0.2, 0) is 4.79 Å². The second-order valence-corrected chi connectivity index (χ2v) is 3.19. The van der Waals surface area contributed by atoms with Crippen LogP contribution in [0.3, 0.4) is 0 Å². The van der Waals surface area contributed by atoms with Gasteiger partial charge in [-0.3, -0.25) is 9.78 Å². The highest BCUT2D eigenvalue weighted by atomic mass is 16.3. The molecule has 0 fully saturated rings. The summed E-state index contributed by atoms with van der Waals surface area (Å²) in [6.45, 7) is 0. The van der Waals surface area contributed by atoms with Gasteiger partial charge in [0.1, 0.15) is 5.75 Å². The van der Waals surface area contributed by atoms with Gasteiger partial charge >= 0.3 is 0 Å². The number of phenolic OH excluding ortho intramolecular Hbond substituents is 1. The zero-order valence-corrected chi connectivity index (χ0v) is 8.42. The molecule has 0 spiro atoms. The van der Waals surface area contributed by atoms with Crippen LogP contribution in [0.2, 0.25) is 0 Å². The SMILES string of the molecule is O=CNC=Cc1c(O)ccc2cccnc12. The molecule has 1 aromatic heterocycles. The molecule has 0 saturated heterocycles. The highest BCUT2D eigenvalue weighted by Crippen LogP contribution is 2.26. The van der Waals surface area contributed by atoms with Crippen LogP contribution in [0.15, 0.2) is 36.7 Å². The molecule has 80 valence electrons. The molecule has 2 rings (SSSR count). The number of aromatic nitrogens is 1. The summed E-state index contributed by atoms with van der Waals surface area (Å²) >= 11 is 0. The van der Waals surface area contributed by atoms with Crippen molar-refractivity contribution in [2.75, 3.05) is 0 Å². The molecule has 0 atom stereocenters. The zero-order chi connectivity index (χ0) is 11.4. The second-order valence-electron chi connectivity index (χ2n) is 3.19. The van der Waals surface area contributed by atoms with Crippen LogP contribution < -0.4 is 5.32 Å². The minimum Gasteiger partial charge on any atom is -0.507 e. The Bertz CT molecular complexity index is 550. The summed E-state index contributed by atoms with van der Waals surface area (Å²) in [6, 6.07) is 7.13. The zero-order valence-electron chi connectivity index (χ0n) is 8.42. The third-order valence-electron chi connectivity index (χ3n) is 2.21. The molecule has 1 amide bonds. The minimum atomic E-state index is 0.134. The van der Waals surface area contributed by atoms with Crippen LogP contribution in [0.5, 0.6) is 5.75 Å². The summed E-state index contributed by atoms with van der Waals surface area (Å²) in [5.74, 6) is 0.134. The van der Waals surface area contributed by atoms with Crippen molar-refractivity contribution in [2.24, 2.45) is 0 Å². The summed E-state index contributed by atoms with van der Waals surface area (Å²) < 4.78 is 0. The highest BCUT2D eigenvalue weighted by Gasteiger charge is 2.04. The maximum atomic E-state index is 10.1. The molecule has 0 aliphatic carbocycles. The van der Waals surface area contributed by atoms with Gasteiger partial charge in [0, 0.05) is 23.3 Å². The molecule has 0 radical (unpaired) electrons. The van der Waals surface area contributed by atoms with Crippen molar-refractivity contribution in [2.45, 2.75) is 0 Å². The molecule has 0 bridgehead atoms. The predicted octanol–water partition coefficient (Wildman–Crippen LogP) is 1.66. The summed E-state index contributed by atoms with van der Waals surface area (Å²) in [7, 11) is 0. The molecule has 0 unspecified atom stereocenters. The Balaban J connectivity index is 2.56. The van der Waals surface area contributed by atoms with E-state index in [0.717, 1.165) is 5.39 Å². The number of hydrogen-bond acceptors (Lipinski definition) is 3. The fraction of sp³-hybridized carbons (Fsp3) is 0. The standard InChI is InChI=1S/C12H10N2O2/c15-8-13-7-5-10-11(16)4-3-9-2-1-6-14-12(9)10/h1-8,16H,(H,13,15). The van der Waals surface area contributed by atoms with E-state index in [9.17, 15) is 9.90 Å². The molecule has 2 N–H and O–H groups in total. The van der Waals surface area contributed by atoms with Gasteiger partial charge in [-0.2, -0.15) is 0 Å².